The molecule has 1 unspecified atom stereocenters. The van der Waals surface area contributed by atoms with Gasteiger partial charge < -0.3 is 10.2 Å². The zero-order valence-electron chi connectivity index (χ0n) is 10.2. The Morgan fingerprint density at radius 3 is 3.17 bits per heavy atom. The highest BCUT2D eigenvalue weighted by Crippen LogP contribution is 2.34. The number of aromatic nitrogens is 2. The number of hydrogen-bond donors (Lipinski definition) is 1. The SMILES string of the molecule is CNC1CCCN(c2c(Cl)ccc3nsnc23)C1. The van der Waals surface area contributed by atoms with Gasteiger partial charge in [-0.3, -0.25) is 0 Å². The van der Waals surface area contributed by atoms with E-state index in [-0.39, 0.29) is 0 Å². The Morgan fingerprint density at radius 1 is 1.44 bits per heavy atom. The molecule has 1 atom stereocenters. The summed E-state index contributed by atoms with van der Waals surface area (Å²) < 4.78 is 8.67. The van der Waals surface area contributed by atoms with Crippen molar-refractivity contribution in [1.82, 2.24) is 14.1 Å². The van der Waals surface area contributed by atoms with Gasteiger partial charge in [0.2, 0.25) is 0 Å². The van der Waals surface area contributed by atoms with Gasteiger partial charge in [0, 0.05) is 19.1 Å². The van der Waals surface area contributed by atoms with Crippen molar-refractivity contribution in [2.24, 2.45) is 0 Å². The predicted octanol–water partition coefficient (Wildman–Crippen LogP) is 2.53. The van der Waals surface area contributed by atoms with Crippen LogP contribution in [0.25, 0.3) is 11.0 Å². The Bertz CT molecular complexity index is 556. The Morgan fingerprint density at radius 2 is 2.33 bits per heavy atom. The highest BCUT2D eigenvalue weighted by Gasteiger charge is 2.23. The minimum atomic E-state index is 0.525. The lowest BCUT2D eigenvalue weighted by Gasteiger charge is -2.34. The number of halogens is 1. The van der Waals surface area contributed by atoms with Gasteiger partial charge >= 0.3 is 0 Å². The van der Waals surface area contributed by atoms with Gasteiger partial charge in [0.05, 0.1) is 22.4 Å². The average molecular weight is 283 g/mol. The lowest BCUT2D eigenvalue weighted by Crippen LogP contribution is -2.44. The molecule has 1 fully saturated rings. The second-order valence-electron chi connectivity index (χ2n) is 4.60. The highest BCUT2D eigenvalue weighted by atomic mass is 35.5. The van der Waals surface area contributed by atoms with Crippen LogP contribution in [0.3, 0.4) is 0 Å². The van der Waals surface area contributed by atoms with Gasteiger partial charge in [-0.15, -0.1) is 0 Å². The largest absolute Gasteiger partial charge is 0.367 e. The Balaban J connectivity index is 2.02. The highest BCUT2D eigenvalue weighted by molar-refractivity contribution is 7.00. The average Bonchev–Trinajstić information content (AvgIpc) is 2.87. The standard InChI is InChI=1S/C12H15ClN4S/c1-14-8-3-2-6-17(7-8)12-9(13)4-5-10-11(12)16-18-15-10/h4-5,8,14H,2-3,6-7H2,1H3. The number of nitrogens with one attached hydrogen (secondary N) is 1. The van der Waals surface area contributed by atoms with E-state index in [1.807, 2.05) is 19.2 Å². The Hall–Kier alpha value is -0.910. The molecule has 2 heterocycles. The molecule has 1 saturated heterocycles. The second-order valence-corrected chi connectivity index (χ2v) is 5.54. The van der Waals surface area contributed by atoms with Crippen LogP contribution in [0.4, 0.5) is 5.69 Å². The van der Waals surface area contributed by atoms with Gasteiger partial charge in [-0.2, -0.15) is 8.75 Å². The molecule has 0 saturated carbocycles. The van der Waals surface area contributed by atoms with Crippen molar-refractivity contribution in [2.45, 2.75) is 18.9 Å². The molecule has 0 aliphatic carbocycles. The summed E-state index contributed by atoms with van der Waals surface area (Å²) in [4.78, 5) is 2.33. The third-order valence-corrected chi connectivity index (χ3v) is 4.35. The van der Waals surface area contributed by atoms with Gasteiger partial charge in [-0.05, 0) is 32.0 Å². The van der Waals surface area contributed by atoms with E-state index in [0.29, 0.717) is 6.04 Å². The number of piperidine rings is 1. The normalized spacial score (nSPS) is 20.6. The van der Waals surface area contributed by atoms with Crippen molar-refractivity contribution in [3.63, 3.8) is 0 Å². The molecule has 1 aliphatic heterocycles. The summed E-state index contributed by atoms with van der Waals surface area (Å²) in [5.41, 5.74) is 2.91. The Labute approximate surface area is 115 Å². The molecule has 96 valence electrons. The molecule has 1 aromatic heterocycles. The molecule has 3 rings (SSSR count). The van der Waals surface area contributed by atoms with Crippen molar-refractivity contribution in [3.8, 4) is 0 Å². The fraction of sp³-hybridized carbons (Fsp3) is 0.500. The first-order valence-electron chi connectivity index (χ1n) is 6.12. The summed E-state index contributed by atoms with van der Waals surface area (Å²) in [5.74, 6) is 0. The lowest BCUT2D eigenvalue weighted by atomic mass is 10.0. The van der Waals surface area contributed by atoms with E-state index in [0.717, 1.165) is 34.8 Å². The van der Waals surface area contributed by atoms with Crippen LogP contribution in [0, 0.1) is 0 Å². The van der Waals surface area contributed by atoms with Crippen molar-refractivity contribution in [2.75, 3.05) is 25.0 Å². The van der Waals surface area contributed by atoms with Crippen LogP contribution < -0.4 is 10.2 Å². The molecule has 18 heavy (non-hydrogen) atoms. The first-order valence-corrected chi connectivity index (χ1v) is 7.23. The molecular formula is C12H15ClN4S. The quantitative estimate of drug-likeness (QED) is 0.919. The van der Waals surface area contributed by atoms with E-state index < -0.39 is 0 Å². The van der Waals surface area contributed by atoms with Crippen LogP contribution >= 0.6 is 23.3 Å². The molecule has 1 aromatic carbocycles. The second kappa shape index (κ2) is 4.99. The fourth-order valence-corrected chi connectivity index (χ4v) is 3.34. The number of nitrogens with zero attached hydrogens (tertiary/aromatic N) is 3. The van der Waals surface area contributed by atoms with E-state index in [4.69, 9.17) is 11.6 Å². The number of rotatable bonds is 2. The maximum absolute atomic E-state index is 6.36. The van der Waals surface area contributed by atoms with Crippen LogP contribution in [0.15, 0.2) is 12.1 Å². The zero-order chi connectivity index (χ0) is 12.5. The molecule has 0 radical (unpaired) electrons. The minimum absolute atomic E-state index is 0.525. The molecule has 0 bridgehead atoms. The first-order chi connectivity index (χ1) is 8.79. The van der Waals surface area contributed by atoms with E-state index in [9.17, 15) is 0 Å². The number of likely N-dealkylation sites (N-methyl/N-ethyl adjacent to an activating group) is 1. The van der Waals surface area contributed by atoms with E-state index in [2.05, 4.69) is 19.0 Å². The van der Waals surface area contributed by atoms with Gasteiger partial charge in [-0.1, -0.05) is 11.6 Å². The van der Waals surface area contributed by atoms with Gasteiger partial charge in [0.15, 0.2) is 0 Å². The maximum Gasteiger partial charge on any atom is 0.129 e. The Kier molecular flexibility index (Phi) is 3.37. The summed E-state index contributed by atoms with van der Waals surface area (Å²) >= 11 is 7.60. The summed E-state index contributed by atoms with van der Waals surface area (Å²) in [6.45, 7) is 2.02. The molecule has 1 N–H and O–H groups in total. The summed E-state index contributed by atoms with van der Waals surface area (Å²) in [6.07, 6.45) is 2.39. The van der Waals surface area contributed by atoms with E-state index in [1.165, 1.54) is 24.6 Å². The van der Waals surface area contributed by atoms with Crippen LogP contribution in [0.5, 0.6) is 0 Å². The van der Waals surface area contributed by atoms with Crippen molar-refractivity contribution >= 4 is 40.0 Å². The minimum Gasteiger partial charge on any atom is -0.367 e. The van der Waals surface area contributed by atoms with Crippen molar-refractivity contribution in [3.05, 3.63) is 17.2 Å². The third kappa shape index (κ3) is 2.06. The lowest BCUT2D eigenvalue weighted by molar-refractivity contribution is 0.450. The molecule has 6 heteroatoms. The zero-order valence-corrected chi connectivity index (χ0v) is 11.8. The molecule has 0 spiro atoms. The van der Waals surface area contributed by atoms with Crippen LogP contribution in [-0.2, 0) is 0 Å². The van der Waals surface area contributed by atoms with Crippen LogP contribution in [0.2, 0.25) is 5.02 Å². The molecule has 1 aliphatic rings. The number of anilines is 1. The molecular weight excluding hydrogens is 268 g/mol. The smallest absolute Gasteiger partial charge is 0.129 e. The van der Waals surface area contributed by atoms with E-state index in [1.54, 1.807) is 0 Å². The van der Waals surface area contributed by atoms with E-state index >= 15 is 0 Å². The number of benzene rings is 1. The summed E-state index contributed by atoms with van der Waals surface area (Å²) in [5, 5.41) is 4.12. The predicted molar refractivity (Wildman–Crippen MR) is 76.7 cm³/mol. The van der Waals surface area contributed by atoms with Gasteiger partial charge in [-0.25, -0.2) is 0 Å². The molecule has 2 aromatic rings. The summed E-state index contributed by atoms with van der Waals surface area (Å²) in [6, 6.07) is 4.38. The van der Waals surface area contributed by atoms with Crippen molar-refractivity contribution < 1.29 is 0 Å². The third-order valence-electron chi connectivity index (χ3n) is 3.50. The van der Waals surface area contributed by atoms with Crippen LogP contribution in [0.1, 0.15) is 12.8 Å². The maximum atomic E-state index is 6.36. The van der Waals surface area contributed by atoms with Crippen LogP contribution in [-0.4, -0.2) is 34.9 Å². The molecule has 4 nitrogen and oxygen atoms in total. The topological polar surface area (TPSA) is 41.0 Å². The first kappa shape index (κ1) is 12.1. The monoisotopic (exact) mass is 282 g/mol. The van der Waals surface area contributed by atoms with Gasteiger partial charge in [0.1, 0.15) is 11.0 Å². The van der Waals surface area contributed by atoms with Gasteiger partial charge in [0.25, 0.3) is 0 Å². The number of fused-ring (bicyclic) bond motifs is 1. The summed E-state index contributed by atoms with van der Waals surface area (Å²) in [7, 11) is 2.01. The fourth-order valence-electron chi connectivity index (χ4n) is 2.53. The van der Waals surface area contributed by atoms with Crippen molar-refractivity contribution in [1.29, 1.82) is 0 Å². The number of hydrogen-bond acceptors (Lipinski definition) is 5. The molecule has 0 amide bonds.